The van der Waals surface area contributed by atoms with Crippen LogP contribution in [0.1, 0.15) is 29.9 Å². The van der Waals surface area contributed by atoms with Crippen molar-refractivity contribution < 1.29 is 4.79 Å². The molecular formula is C14H18ClNO. The maximum absolute atomic E-state index is 11.1. The summed E-state index contributed by atoms with van der Waals surface area (Å²) in [5.74, 6) is 0.715. The molecule has 1 N–H and O–H groups in total. The lowest BCUT2D eigenvalue weighted by molar-refractivity contribution is -0.115. The van der Waals surface area contributed by atoms with Crippen LogP contribution in [0.25, 0.3) is 0 Å². The smallest absolute Gasteiger partial charge is 0.161 e. The van der Waals surface area contributed by atoms with Gasteiger partial charge in [-0.2, -0.15) is 0 Å². The molecule has 3 heteroatoms. The van der Waals surface area contributed by atoms with Gasteiger partial charge >= 0.3 is 0 Å². The van der Waals surface area contributed by atoms with Gasteiger partial charge in [0.2, 0.25) is 0 Å². The molecule has 92 valence electrons. The Kier molecular flexibility index (Phi) is 4.57. The van der Waals surface area contributed by atoms with E-state index in [1.165, 1.54) is 30.4 Å². The van der Waals surface area contributed by atoms with E-state index in [9.17, 15) is 4.79 Å². The molecule has 0 fully saturated rings. The molecule has 1 aromatic rings. The van der Waals surface area contributed by atoms with E-state index in [1.54, 1.807) is 0 Å². The van der Waals surface area contributed by atoms with Crippen LogP contribution < -0.4 is 5.32 Å². The monoisotopic (exact) mass is 251 g/mol. The second kappa shape index (κ2) is 6.18. The molecule has 1 unspecified atom stereocenters. The SMILES string of the molecule is O=C(CCl)CNCC1CCCc2ccccc21. The molecule has 0 aliphatic heterocycles. The second-order valence-corrected chi connectivity index (χ2v) is 4.86. The minimum Gasteiger partial charge on any atom is -0.309 e. The molecule has 0 spiro atoms. The Bertz CT molecular complexity index is 392. The number of alkyl halides is 1. The van der Waals surface area contributed by atoms with Gasteiger partial charge in [0, 0.05) is 6.54 Å². The van der Waals surface area contributed by atoms with Gasteiger partial charge in [-0.25, -0.2) is 0 Å². The maximum Gasteiger partial charge on any atom is 0.161 e. The van der Waals surface area contributed by atoms with E-state index < -0.39 is 0 Å². The van der Waals surface area contributed by atoms with Gasteiger partial charge in [-0.1, -0.05) is 24.3 Å². The van der Waals surface area contributed by atoms with Gasteiger partial charge in [0.1, 0.15) is 0 Å². The Hall–Kier alpha value is -0.860. The van der Waals surface area contributed by atoms with Crippen LogP contribution in [0, 0.1) is 0 Å². The lowest BCUT2D eigenvalue weighted by Crippen LogP contribution is -2.29. The molecule has 1 atom stereocenters. The molecule has 2 nitrogen and oxygen atoms in total. The van der Waals surface area contributed by atoms with Gasteiger partial charge in [-0.05, 0) is 36.3 Å². The summed E-state index contributed by atoms with van der Waals surface area (Å²) in [6, 6.07) is 8.63. The molecule has 0 bridgehead atoms. The lowest BCUT2D eigenvalue weighted by atomic mass is 9.83. The van der Waals surface area contributed by atoms with Crippen molar-refractivity contribution >= 4 is 17.4 Å². The van der Waals surface area contributed by atoms with Crippen molar-refractivity contribution in [3.05, 3.63) is 35.4 Å². The molecule has 0 aromatic heterocycles. The summed E-state index contributed by atoms with van der Waals surface area (Å²) in [6.45, 7) is 1.27. The molecule has 0 radical (unpaired) electrons. The molecule has 1 aliphatic rings. The third-order valence-corrected chi connectivity index (χ3v) is 3.65. The van der Waals surface area contributed by atoms with E-state index in [1.807, 2.05) is 0 Å². The van der Waals surface area contributed by atoms with Gasteiger partial charge in [0.05, 0.1) is 12.4 Å². The van der Waals surface area contributed by atoms with Crippen molar-refractivity contribution in [2.75, 3.05) is 19.0 Å². The van der Waals surface area contributed by atoms with E-state index in [0.29, 0.717) is 12.5 Å². The maximum atomic E-state index is 11.1. The normalized spacial score (nSPS) is 18.8. The summed E-state index contributed by atoms with van der Waals surface area (Å²) in [4.78, 5) is 11.1. The summed E-state index contributed by atoms with van der Waals surface area (Å²) in [5.41, 5.74) is 2.92. The molecular weight excluding hydrogens is 234 g/mol. The van der Waals surface area contributed by atoms with Gasteiger partial charge in [0.15, 0.2) is 5.78 Å². The van der Waals surface area contributed by atoms with Crippen molar-refractivity contribution in [1.29, 1.82) is 0 Å². The fourth-order valence-electron chi connectivity index (χ4n) is 2.50. The van der Waals surface area contributed by atoms with Crippen LogP contribution in [0.3, 0.4) is 0 Å². The number of carbonyl (C=O) groups is 1. The zero-order chi connectivity index (χ0) is 12.1. The average Bonchev–Trinajstić information content (AvgIpc) is 2.39. The summed E-state index contributed by atoms with van der Waals surface area (Å²) in [7, 11) is 0. The van der Waals surface area contributed by atoms with Crippen LogP contribution in [0.15, 0.2) is 24.3 Å². The third kappa shape index (κ3) is 3.30. The van der Waals surface area contributed by atoms with Gasteiger partial charge in [-0.3, -0.25) is 4.79 Å². The van der Waals surface area contributed by atoms with Crippen molar-refractivity contribution in [2.24, 2.45) is 0 Å². The first kappa shape index (κ1) is 12.6. The number of carbonyl (C=O) groups excluding carboxylic acids is 1. The quantitative estimate of drug-likeness (QED) is 0.815. The molecule has 0 saturated carbocycles. The molecule has 1 aliphatic carbocycles. The summed E-state index contributed by atoms with van der Waals surface area (Å²) >= 11 is 5.47. The fourth-order valence-corrected chi connectivity index (χ4v) is 2.59. The van der Waals surface area contributed by atoms with Gasteiger partial charge in [-0.15, -0.1) is 11.6 Å². The predicted octanol–water partition coefficient (Wildman–Crippen LogP) is 2.50. The number of ketones is 1. The van der Waals surface area contributed by atoms with E-state index in [-0.39, 0.29) is 11.7 Å². The van der Waals surface area contributed by atoms with E-state index in [4.69, 9.17) is 11.6 Å². The summed E-state index contributed by atoms with van der Waals surface area (Å²) in [5, 5.41) is 3.21. The topological polar surface area (TPSA) is 29.1 Å². The number of Topliss-reactive ketones (excluding diaryl/α,β-unsaturated/α-hetero) is 1. The Morgan fingerprint density at radius 2 is 2.24 bits per heavy atom. The van der Waals surface area contributed by atoms with E-state index in [2.05, 4.69) is 29.6 Å². The number of fused-ring (bicyclic) bond motifs is 1. The van der Waals surface area contributed by atoms with Crippen LogP contribution >= 0.6 is 11.6 Å². The number of nitrogens with one attached hydrogen (secondary N) is 1. The zero-order valence-corrected chi connectivity index (χ0v) is 10.7. The van der Waals surface area contributed by atoms with E-state index >= 15 is 0 Å². The number of aryl methyl sites for hydroxylation is 1. The Labute approximate surface area is 107 Å². The summed E-state index contributed by atoms with van der Waals surface area (Å²) < 4.78 is 0. The first-order valence-corrected chi connectivity index (χ1v) is 6.71. The molecule has 1 aromatic carbocycles. The standard InChI is InChI=1S/C14H18ClNO/c15-8-13(17)10-16-9-12-6-3-5-11-4-1-2-7-14(11)12/h1-2,4,7,12,16H,3,5-6,8-10H2. The van der Waals surface area contributed by atoms with Crippen LogP contribution in [-0.2, 0) is 11.2 Å². The number of hydrogen-bond acceptors (Lipinski definition) is 2. The number of halogens is 1. The van der Waals surface area contributed by atoms with Crippen molar-refractivity contribution in [1.82, 2.24) is 5.32 Å². The Balaban J connectivity index is 1.92. The minimum atomic E-state index is 0.0655. The van der Waals surface area contributed by atoms with Crippen molar-refractivity contribution in [3.63, 3.8) is 0 Å². The van der Waals surface area contributed by atoms with E-state index in [0.717, 1.165) is 6.54 Å². The fraction of sp³-hybridized carbons (Fsp3) is 0.500. The minimum absolute atomic E-state index is 0.0655. The Morgan fingerprint density at radius 3 is 3.06 bits per heavy atom. The third-order valence-electron chi connectivity index (χ3n) is 3.36. The molecule has 2 rings (SSSR count). The zero-order valence-electron chi connectivity index (χ0n) is 9.92. The first-order valence-electron chi connectivity index (χ1n) is 6.17. The highest BCUT2D eigenvalue weighted by Gasteiger charge is 2.19. The summed E-state index contributed by atoms with van der Waals surface area (Å²) in [6.07, 6.45) is 3.64. The molecule has 17 heavy (non-hydrogen) atoms. The van der Waals surface area contributed by atoms with Crippen LogP contribution in [0.5, 0.6) is 0 Å². The van der Waals surface area contributed by atoms with Crippen LogP contribution in [0.2, 0.25) is 0 Å². The number of benzene rings is 1. The van der Waals surface area contributed by atoms with Crippen molar-refractivity contribution in [2.45, 2.75) is 25.2 Å². The molecule has 0 amide bonds. The molecule has 0 heterocycles. The predicted molar refractivity (Wildman–Crippen MR) is 70.7 cm³/mol. The van der Waals surface area contributed by atoms with Gasteiger partial charge < -0.3 is 5.32 Å². The average molecular weight is 252 g/mol. The van der Waals surface area contributed by atoms with Crippen molar-refractivity contribution in [3.8, 4) is 0 Å². The largest absolute Gasteiger partial charge is 0.309 e. The highest BCUT2D eigenvalue weighted by atomic mass is 35.5. The number of hydrogen-bond donors (Lipinski definition) is 1. The number of rotatable bonds is 5. The highest BCUT2D eigenvalue weighted by molar-refractivity contribution is 6.27. The second-order valence-electron chi connectivity index (χ2n) is 4.59. The van der Waals surface area contributed by atoms with Crippen LogP contribution in [-0.4, -0.2) is 24.8 Å². The Morgan fingerprint density at radius 1 is 1.41 bits per heavy atom. The van der Waals surface area contributed by atoms with Crippen LogP contribution in [0.4, 0.5) is 0 Å². The lowest BCUT2D eigenvalue weighted by Gasteiger charge is -2.25. The van der Waals surface area contributed by atoms with Gasteiger partial charge in [0.25, 0.3) is 0 Å². The molecule has 0 saturated heterocycles. The first-order chi connectivity index (χ1) is 8.31. The highest BCUT2D eigenvalue weighted by Crippen LogP contribution is 2.30.